The Hall–Kier alpha value is -2.28. The van der Waals surface area contributed by atoms with E-state index < -0.39 is 0 Å². The van der Waals surface area contributed by atoms with Crippen LogP contribution >= 0.6 is 11.8 Å². The highest BCUT2D eigenvalue weighted by Crippen LogP contribution is 2.13. The molecule has 0 atom stereocenters. The number of hydrazone groups is 1. The minimum Gasteiger partial charge on any atom is -0.272 e. The molecule has 0 saturated heterocycles. The van der Waals surface area contributed by atoms with Crippen molar-refractivity contribution >= 4 is 23.9 Å². The van der Waals surface area contributed by atoms with Gasteiger partial charge < -0.3 is 0 Å². The Morgan fingerprint density at radius 1 is 1.32 bits per heavy atom. The minimum absolute atomic E-state index is 0.156. The van der Waals surface area contributed by atoms with Gasteiger partial charge in [-0.25, -0.2) is 19.8 Å². The van der Waals surface area contributed by atoms with Crippen LogP contribution in [0.5, 0.6) is 0 Å². The van der Waals surface area contributed by atoms with Crippen molar-refractivity contribution < 1.29 is 9.18 Å². The molecule has 7 heteroatoms. The number of thioether (sulfide) groups is 1. The molecule has 22 heavy (non-hydrogen) atoms. The second-order valence-corrected chi connectivity index (χ2v) is 5.51. The number of benzene rings is 1. The normalized spacial score (nSPS) is 10.9. The predicted octanol–water partition coefficient (Wildman–Crippen LogP) is 2.47. The molecule has 1 amide bonds. The third-order valence-electron chi connectivity index (χ3n) is 2.55. The minimum atomic E-state index is -0.349. The zero-order valence-electron chi connectivity index (χ0n) is 12.2. The summed E-state index contributed by atoms with van der Waals surface area (Å²) < 4.78 is 13.0. The van der Waals surface area contributed by atoms with E-state index in [9.17, 15) is 9.18 Å². The summed E-state index contributed by atoms with van der Waals surface area (Å²) in [6.45, 7) is 3.75. The molecule has 0 bridgehead atoms. The van der Waals surface area contributed by atoms with Crippen molar-refractivity contribution in [3.05, 3.63) is 53.1 Å². The summed E-state index contributed by atoms with van der Waals surface area (Å²) in [5.74, 6) is -0.471. The van der Waals surface area contributed by atoms with Gasteiger partial charge in [0.1, 0.15) is 5.82 Å². The monoisotopic (exact) mass is 318 g/mol. The van der Waals surface area contributed by atoms with E-state index in [1.807, 2.05) is 19.9 Å². The number of nitrogens with one attached hydrogen (secondary N) is 1. The van der Waals surface area contributed by atoms with E-state index in [1.165, 1.54) is 30.1 Å². The molecule has 0 fully saturated rings. The van der Waals surface area contributed by atoms with Gasteiger partial charge in [0.25, 0.3) is 5.91 Å². The molecule has 0 aliphatic heterocycles. The number of hydrogen-bond acceptors (Lipinski definition) is 5. The number of carbonyl (C=O) groups excluding carboxylic acids is 1. The van der Waals surface area contributed by atoms with Gasteiger partial charge in [0.15, 0.2) is 5.16 Å². The van der Waals surface area contributed by atoms with E-state index in [1.54, 1.807) is 12.1 Å². The Morgan fingerprint density at radius 3 is 2.73 bits per heavy atom. The molecule has 1 aromatic carbocycles. The number of amides is 1. The Morgan fingerprint density at radius 2 is 2.05 bits per heavy atom. The molecule has 0 unspecified atom stereocenters. The molecule has 0 radical (unpaired) electrons. The Kier molecular flexibility index (Phi) is 5.60. The summed E-state index contributed by atoms with van der Waals surface area (Å²) in [6, 6.07) is 7.81. The molecule has 5 nitrogen and oxygen atoms in total. The van der Waals surface area contributed by atoms with Crippen LogP contribution in [-0.4, -0.2) is 27.8 Å². The molecule has 0 spiro atoms. The summed E-state index contributed by atoms with van der Waals surface area (Å²) in [4.78, 5) is 20.1. The van der Waals surface area contributed by atoms with E-state index in [2.05, 4.69) is 20.5 Å². The van der Waals surface area contributed by atoms with E-state index in [0.29, 0.717) is 10.7 Å². The second kappa shape index (κ2) is 7.65. The van der Waals surface area contributed by atoms with Crippen molar-refractivity contribution in [2.24, 2.45) is 5.10 Å². The molecule has 1 heterocycles. The lowest BCUT2D eigenvalue weighted by Gasteiger charge is -2.02. The van der Waals surface area contributed by atoms with Crippen molar-refractivity contribution in [2.45, 2.75) is 19.0 Å². The van der Waals surface area contributed by atoms with Crippen LogP contribution in [0.2, 0.25) is 0 Å². The molecule has 1 aromatic heterocycles. The molecule has 2 aromatic rings. The molecular formula is C15H15FN4OS. The summed E-state index contributed by atoms with van der Waals surface area (Å²) in [5, 5.41) is 4.34. The lowest BCUT2D eigenvalue weighted by molar-refractivity contribution is -0.118. The first kappa shape index (κ1) is 16.1. The average Bonchev–Trinajstić information content (AvgIpc) is 2.44. The maximum atomic E-state index is 13.0. The highest BCUT2D eigenvalue weighted by atomic mass is 32.2. The number of halogens is 1. The van der Waals surface area contributed by atoms with Gasteiger partial charge in [-0.05, 0) is 37.6 Å². The van der Waals surface area contributed by atoms with E-state index in [-0.39, 0.29) is 17.5 Å². The molecule has 2 rings (SSSR count). The first-order valence-corrected chi connectivity index (χ1v) is 7.54. The number of aryl methyl sites for hydroxylation is 2. The van der Waals surface area contributed by atoms with E-state index in [0.717, 1.165) is 11.4 Å². The molecular weight excluding hydrogens is 303 g/mol. The molecule has 114 valence electrons. The Balaban J connectivity index is 1.83. The van der Waals surface area contributed by atoms with Crippen molar-refractivity contribution in [2.75, 3.05) is 5.75 Å². The number of hydrogen-bond donors (Lipinski definition) is 1. The van der Waals surface area contributed by atoms with Crippen LogP contribution in [0, 0.1) is 19.7 Å². The molecule has 0 saturated carbocycles. The van der Waals surface area contributed by atoms with Crippen molar-refractivity contribution in [1.29, 1.82) is 0 Å². The topological polar surface area (TPSA) is 67.2 Å². The quantitative estimate of drug-likeness (QED) is 0.398. The number of aromatic nitrogens is 2. The van der Waals surface area contributed by atoms with Gasteiger partial charge in [0.05, 0.1) is 12.0 Å². The Labute approximate surface area is 132 Å². The van der Waals surface area contributed by atoms with E-state index in [4.69, 9.17) is 0 Å². The van der Waals surface area contributed by atoms with Crippen LogP contribution in [0.3, 0.4) is 0 Å². The standard InChI is InChI=1S/C15H15FN4OS/c1-10-6-11(2)19-15(18-10)22-9-14(21)20-17-8-12-4-3-5-13(16)7-12/h3-8H,9H2,1-2H3,(H,20,21)/b17-8-. The van der Waals surface area contributed by atoms with Crippen LogP contribution in [0.4, 0.5) is 4.39 Å². The zero-order valence-corrected chi connectivity index (χ0v) is 13.0. The number of nitrogens with zero attached hydrogens (tertiary/aromatic N) is 3. The van der Waals surface area contributed by atoms with E-state index >= 15 is 0 Å². The number of rotatable bonds is 5. The van der Waals surface area contributed by atoms with Crippen molar-refractivity contribution in [1.82, 2.24) is 15.4 Å². The van der Waals surface area contributed by atoms with Gasteiger partial charge in [-0.1, -0.05) is 23.9 Å². The maximum Gasteiger partial charge on any atom is 0.250 e. The molecule has 0 aliphatic carbocycles. The van der Waals surface area contributed by atoms with Crippen molar-refractivity contribution in [3.8, 4) is 0 Å². The SMILES string of the molecule is Cc1cc(C)nc(SCC(=O)N/N=C\c2cccc(F)c2)n1. The Bertz CT molecular complexity index is 685. The first-order chi connectivity index (χ1) is 10.5. The smallest absolute Gasteiger partial charge is 0.250 e. The van der Waals surface area contributed by atoms with Gasteiger partial charge in [0.2, 0.25) is 0 Å². The summed E-state index contributed by atoms with van der Waals surface area (Å²) >= 11 is 1.24. The van der Waals surface area contributed by atoms with Gasteiger partial charge in [-0.15, -0.1) is 0 Å². The van der Waals surface area contributed by atoms with Crippen molar-refractivity contribution in [3.63, 3.8) is 0 Å². The largest absolute Gasteiger partial charge is 0.272 e. The lowest BCUT2D eigenvalue weighted by atomic mass is 10.2. The molecule has 0 aliphatic rings. The highest BCUT2D eigenvalue weighted by Gasteiger charge is 2.05. The molecule has 1 N–H and O–H groups in total. The highest BCUT2D eigenvalue weighted by molar-refractivity contribution is 7.99. The van der Waals surface area contributed by atoms with Gasteiger partial charge in [-0.2, -0.15) is 5.10 Å². The van der Waals surface area contributed by atoms with Crippen LogP contribution in [0.1, 0.15) is 17.0 Å². The summed E-state index contributed by atoms with van der Waals surface area (Å²) in [6.07, 6.45) is 1.39. The van der Waals surface area contributed by atoms with Crippen LogP contribution in [-0.2, 0) is 4.79 Å². The van der Waals surface area contributed by atoms with Gasteiger partial charge >= 0.3 is 0 Å². The lowest BCUT2D eigenvalue weighted by Crippen LogP contribution is -2.19. The maximum absolute atomic E-state index is 13.0. The fourth-order valence-corrected chi connectivity index (χ4v) is 2.43. The third kappa shape index (κ3) is 5.25. The van der Waals surface area contributed by atoms with Crippen LogP contribution in [0.15, 0.2) is 40.6 Å². The average molecular weight is 318 g/mol. The van der Waals surface area contributed by atoms with Crippen LogP contribution in [0.25, 0.3) is 0 Å². The van der Waals surface area contributed by atoms with Gasteiger partial charge in [0, 0.05) is 11.4 Å². The summed E-state index contributed by atoms with van der Waals surface area (Å²) in [7, 11) is 0. The third-order valence-corrected chi connectivity index (χ3v) is 3.39. The summed E-state index contributed by atoms with van der Waals surface area (Å²) in [5.41, 5.74) is 4.68. The van der Waals surface area contributed by atoms with Crippen LogP contribution < -0.4 is 5.43 Å². The fraction of sp³-hybridized carbons (Fsp3) is 0.200. The fourth-order valence-electron chi connectivity index (χ4n) is 1.69. The predicted molar refractivity (Wildman–Crippen MR) is 84.4 cm³/mol. The second-order valence-electron chi connectivity index (χ2n) is 4.57. The first-order valence-electron chi connectivity index (χ1n) is 6.55. The number of carbonyl (C=O) groups is 1. The van der Waals surface area contributed by atoms with Gasteiger partial charge in [-0.3, -0.25) is 4.79 Å². The zero-order chi connectivity index (χ0) is 15.9.